The second-order valence-electron chi connectivity index (χ2n) is 4.23. The van der Waals surface area contributed by atoms with Gasteiger partial charge in [-0.05, 0) is 28.7 Å². The highest BCUT2D eigenvalue weighted by atomic mass is 127. The van der Waals surface area contributed by atoms with Crippen molar-refractivity contribution in [2.75, 3.05) is 19.0 Å². The topological polar surface area (TPSA) is 59.2 Å². The van der Waals surface area contributed by atoms with E-state index in [0.717, 1.165) is 20.6 Å². The van der Waals surface area contributed by atoms with Gasteiger partial charge in [-0.1, -0.05) is 0 Å². The molecule has 0 spiro atoms. The average Bonchev–Trinajstić information content (AvgIpc) is 2.81. The van der Waals surface area contributed by atoms with Gasteiger partial charge in [-0.3, -0.25) is 0 Å². The van der Waals surface area contributed by atoms with Crippen LogP contribution in [0.1, 0.15) is 0 Å². The molecule has 3 rings (SSSR count). The van der Waals surface area contributed by atoms with Gasteiger partial charge in [0.1, 0.15) is 5.82 Å². The zero-order chi connectivity index (χ0) is 13.4. The molecule has 3 aromatic rings. The quantitative estimate of drug-likeness (QED) is 0.648. The summed E-state index contributed by atoms with van der Waals surface area (Å²) in [7, 11) is 3.94. The molecule has 0 atom stereocenters. The predicted molar refractivity (Wildman–Crippen MR) is 81.1 cm³/mol. The summed E-state index contributed by atoms with van der Waals surface area (Å²) < 4.78 is 2.75. The van der Waals surface area contributed by atoms with Gasteiger partial charge in [-0.15, -0.1) is 0 Å². The minimum Gasteiger partial charge on any atom is -0.363 e. The lowest BCUT2D eigenvalue weighted by atomic mass is 10.2. The van der Waals surface area contributed by atoms with Crippen LogP contribution in [0.5, 0.6) is 0 Å². The van der Waals surface area contributed by atoms with Crippen LogP contribution in [0.15, 0.2) is 30.9 Å². The van der Waals surface area contributed by atoms with Crippen molar-refractivity contribution in [2.45, 2.75) is 0 Å². The van der Waals surface area contributed by atoms with Gasteiger partial charge < -0.3 is 4.90 Å². The Kier molecular flexibility index (Phi) is 3.05. The molecule has 6 nitrogen and oxygen atoms in total. The number of imidazole rings is 1. The molecular formula is C12H11IN6. The lowest BCUT2D eigenvalue weighted by Crippen LogP contribution is -2.10. The number of nitrogens with zero attached hydrogens (tertiary/aromatic N) is 6. The minimum atomic E-state index is 0.588. The third kappa shape index (κ3) is 2.25. The first kappa shape index (κ1) is 12.3. The van der Waals surface area contributed by atoms with E-state index in [-0.39, 0.29) is 0 Å². The molecule has 3 heterocycles. The van der Waals surface area contributed by atoms with Crippen LogP contribution in [0.3, 0.4) is 0 Å². The highest BCUT2D eigenvalue weighted by Crippen LogP contribution is 2.25. The highest BCUT2D eigenvalue weighted by Gasteiger charge is 2.11. The number of pyridine rings is 1. The Morgan fingerprint density at radius 1 is 1.21 bits per heavy atom. The Labute approximate surface area is 123 Å². The fourth-order valence-electron chi connectivity index (χ4n) is 1.72. The molecule has 0 aromatic carbocycles. The summed E-state index contributed by atoms with van der Waals surface area (Å²) in [6.45, 7) is 0. The van der Waals surface area contributed by atoms with Crippen molar-refractivity contribution in [3.05, 3.63) is 34.4 Å². The fraction of sp³-hybridized carbons (Fsp3) is 0.167. The molecule has 0 bridgehead atoms. The van der Waals surface area contributed by atoms with E-state index >= 15 is 0 Å². The number of aromatic nitrogens is 5. The fourth-order valence-corrected chi connectivity index (χ4v) is 2.41. The van der Waals surface area contributed by atoms with Gasteiger partial charge >= 0.3 is 0 Å². The third-order valence-electron chi connectivity index (χ3n) is 2.69. The van der Waals surface area contributed by atoms with E-state index in [0.29, 0.717) is 5.78 Å². The largest absolute Gasteiger partial charge is 0.363 e. The van der Waals surface area contributed by atoms with Crippen LogP contribution in [0.25, 0.3) is 17.0 Å². The van der Waals surface area contributed by atoms with Crippen LogP contribution in [0.4, 0.5) is 5.82 Å². The monoisotopic (exact) mass is 366 g/mol. The van der Waals surface area contributed by atoms with Crippen molar-refractivity contribution in [1.82, 2.24) is 24.6 Å². The number of fused-ring (bicyclic) bond motifs is 1. The third-order valence-corrected chi connectivity index (χ3v) is 3.58. The van der Waals surface area contributed by atoms with E-state index in [1.54, 1.807) is 16.9 Å². The van der Waals surface area contributed by atoms with E-state index in [9.17, 15) is 0 Å². The van der Waals surface area contributed by atoms with E-state index in [4.69, 9.17) is 0 Å². The summed E-state index contributed by atoms with van der Waals surface area (Å²) in [5.74, 6) is 1.51. The SMILES string of the molecule is CN(C)c1cc(I)c(-c2cn3nccnc3n2)cn1. The molecule has 0 aliphatic rings. The Morgan fingerprint density at radius 3 is 2.74 bits per heavy atom. The number of rotatable bonds is 2. The minimum absolute atomic E-state index is 0.588. The average molecular weight is 366 g/mol. The summed E-state index contributed by atoms with van der Waals surface area (Å²) >= 11 is 2.29. The molecule has 0 aliphatic carbocycles. The van der Waals surface area contributed by atoms with Crippen molar-refractivity contribution in [1.29, 1.82) is 0 Å². The van der Waals surface area contributed by atoms with Crippen molar-refractivity contribution >= 4 is 34.2 Å². The summed E-state index contributed by atoms with van der Waals surface area (Å²) in [5.41, 5.74) is 1.81. The summed E-state index contributed by atoms with van der Waals surface area (Å²) in [6, 6.07) is 2.03. The molecule has 19 heavy (non-hydrogen) atoms. The number of anilines is 1. The maximum Gasteiger partial charge on any atom is 0.251 e. The van der Waals surface area contributed by atoms with Crippen LogP contribution in [-0.2, 0) is 0 Å². The predicted octanol–water partition coefficient (Wildman–Crippen LogP) is 1.86. The van der Waals surface area contributed by atoms with Gasteiger partial charge in [0.15, 0.2) is 0 Å². The molecule has 0 aliphatic heterocycles. The van der Waals surface area contributed by atoms with Gasteiger partial charge in [0.25, 0.3) is 5.78 Å². The normalized spacial score (nSPS) is 10.9. The Balaban J connectivity index is 2.11. The van der Waals surface area contributed by atoms with Crippen LogP contribution < -0.4 is 4.90 Å². The lowest BCUT2D eigenvalue weighted by molar-refractivity contribution is 0.902. The van der Waals surface area contributed by atoms with Gasteiger partial charge in [0, 0.05) is 29.4 Å². The molecule has 96 valence electrons. The molecule has 0 saturated heterocycles. The molecule has 0 radical (unpaired) electrons. The first-order valence-electron chi connectivity index (χ1n) is 5.65. The van der Waals surface area contributed by atoms with E-state index < -0.39 is 0 Å². The summed E-state index contributed by atoms with van der Waals surface area (Å²) in [6.07, 6.45) is 6.96. The maximum absolute atomic E-state index is 4.45. The molecule has 0 saturated carbocycles. The molecule has 0 unspecified atom stereocenters. The van der Waals surface area contributed by atoms with Crippen molar-refractivity contribution in [3.63, 3.8) is 0 Å². The van der Waals surface area contributed by atoms with Crippen molar-refractivity contribution in [2.24, 2.45) is 0 Å². The van der Waals surface area contributed by atoms with Crippen LogP contribution in [0.2, 0.25) is 0 Å². The number of hydrogen-bond donors (Lipinski definition) is 0. The standard InChI is InChI=1S/C12H11IN6/c1-18(2)11-5-9(13)8(6-15-11)10-7-19-12(17-10)14-3-4-16-19/h3-7H,1-2H3. The van der Waals surface area contributed by atoms with Crippen LogP contribution in [0, 0.1) is 3.57 Å². The first-order chi connectivity index (χ1) is 9.15. The van der Waals surface area contributed by atoms with Gasteiger partial charge in [-0.25, -0.2) is 19.5 Å². The Bertz CT molecular complexity index is 703. The first-order valence-corrected chi connectivity index (χ1v) is 6.72. The zero-order valence-electron chi connectivity index (χ0n) is 10.4. The molecule has 0 N–H and O–H groups in total. The smallest absolute Gasteiger partial charge is 0.251 e. The van der Waals surface area contributed by atoms with Gasteiger partial charge in [0.05, 0.1) is 24.3 Å². The Morgan fingerprint density at radius 2 is 2.05 bits per heavy atom. The Hall–Kier alpha value is -1.77. The van der Waals surface area contributed by atoms with E-state index in [1.807, 2.05) is 37.5 Å². The summed E-state index contributed by atoms with van der Waals surface area (Å²) in [5, 5.41) is 4.16. The van der Waals surface area contributed by atoms with Gasteiger partial charge in [0.2, 0.25) is 0 Å². The maximum atomic E-state index is 4.45. The molecular weight excluding hydrogens is 355 g/mol. The molecule has 0 amide bonds. The van der Waals surface area contributed by atoms with Crippen LogP contribution in [-0.4, -0.2) is 38.7 Å². The highest BCUT2D eigenvalue weighted by molar-refractivity contribution is 14.1. The van der Waals surface area contributed by atoms with E-state index in [2.05, 4.69) is 42.6 Å². The second kappa shape index (κ2) is 4.72. The van der Waals surface area contributed by atoms with Crippen molar-refractivity contribution in [3.8, 4) is 11.3 Å². The summed E-state index contributed by atoms with van der Waals surface area (Å²) in [4.78, 5) is 15.0. The lowest BCUT2D eigenvalue weighted by Gasteiger charge is -2.12. The number of halogens is 1. The zero-order valence-corrected chi connectivity index (χ0v) is 12.6. The number of hydrogen-bond acceptors (Lipinski definition) is 5. The molecule has 7 heteroatoms. The molecule has 3 aromatic heterocycles. The van der Waals surface area contributed by atoms with Gasteiger partial charge in [-0.2, -0.15) is 5.10 Å². The van der Waals surface area contributed by atoms with Crippen molar-refractivity contribution < 1.29 is 0 Å². The molecule has 0 fully saturated rings. The van der Waals surface area contributed by atoms with Crippen LogP contribution >= 0.6 is 22.6 Å². The second-order valence-corrected chi connectivity index (χ2v) is 5.39. The van der Waals surface area contributed by atoms with E-state index in [1.165, 1.54) is 0 Å².